The maximum absolute atomic E-state index is 6.56. The van der Waals surface area contributed by atoms with E-state index >= 15 is 0 Å². The van der Waals surface area contributed by atoms with Gasteiger partial charge in [-0.25, -0.2) is 4.57 Å². The number of rotatable bonds is 1. The Balaban J connectivity index is 1.63. The summed E-state index contributed by atoms with van der Waals surface area (Å²) < 4.78 is 8.83. The standard InChI is InChI=1S/C34H30NO/c1-19-10-9-12-27-29(19)25-15-14-24-23(31(25)34(27,4)5)16-17-35(6)32(24)30-21(3)20(2)18-26-22-11-7-8-13-28(22)36-33(26)30/h7-18H,1-6H3/q+1. The van der Waals surface area contributed by atoms with E-state index in [1.54, 1.807) is 0 Å². The lowest BCUT2D eigenvalue weighted by atomic mass is 9.80. The van der Waals surface area contributed by atoms with Crippen LogP contribution in [0.1, 0.15) is 41.7 Å². The lowest BCUT2D eigenvalue weighted by molar-refractivity contribution is -0.659. The fourth-order valence-electron chi connectivity index (χ4n) is 6.70. The molecule has 7 rings (SSSR count). The molecule has 0 radical (unpaired) electrons. The number of para-hydroxylation sites is 1. The zero-order valence-electron chi connectivity index (χ0n) is 21.8. The van der Waals surface area contributed by atoms with Crippen molar-refractivity contribution in [1.82, 2.24) is 0 Å². The molecule has 4 aromatic carbocycles. The second-order valence-electron chi connectivity index (χ2n) is 11.0. The molecule has 176 valence electrons. The maximum atomic E-state index is 6.56. The number of pyridine rings is 1. The first-order valence-corrected chi connectivity index (χ1v) is 12.8. The number of fused-ring (bicyclic) bond motifs is 8. The number of hydrogen-bond donors (Lipinski definition) is 0. The van der Waals surface area contributed by atoms with Crippen molar-refractivity contribution in [2.75, 3.05) is 0 Å². The van der Waals surface area contributed by atoms with Gasteiger partial charge in [0.25, 0.3) is 0 Å². The van der Waals surface area contributed by atoms with Crippen molar-refractivity contribution in [3.63, 3.8) is 0 Å². The Bertz CT molecular complexity index is 1900. The quantitative estimate of drug-likeness (QED) is 0.221. The van der Waals surface area contributed by atoms with E-state index in [4.69, 9.17) is 4.42 Å². The van der Waals surface area contributed by atoms with E-state index in [-0.39, 0.29) is 5.41 Å². The molecule has 1 aliphatic carbocycles. The number of furan rings is 1. The van der Waals surface area contributed by atoms with E-state index in [0.29, 0.717) is 0 Å². The third-order valence-corrected chi connectivity index (χ3v) is 8.58. The molecule has 2 aromatic heterocycles. The second-order valence-corrected chi connectivity index (χ2v) is 11.0. The summed E-state index contributed by atoms with van der Waals surface area (Å²) in [5.74, 6) is 0. The van der Waals surface area contributed by atoms with Crippen molar-refractivity contribution < 1.29 is 8.98 Å². The summed E-state index contributed by atoms with van der Waals surface area (Å²) in [7, 11) is 2.16. The van der Waals surface area contributed by atoms with Gasteiger partial charge in [-0.3, -0.25) is 0 Å². The SMILES string of the molecule is Cc1cc2c(oc3ccccc32)c(-c2c3ccc4c(c3cc[n+]2C)C(C)(C)c2cccc(C)c2-4)c1C. The molecule has 36 heavy (non-hydrogen) atoms. The van der Waals surface area contributed by atoms with Gasteiger partial charge in [0, 0.05) is 22.3 Å². The van der Waals surface area contributed by atoms with Crippen LogP contribution in [0.25, 0.3) is 55.1 Å². The molecule has 0 spiro atoms. The molecule has 0 amide bonds. The second kappa shape index (κ2) is 7.07. The van der Waals surface area contributed by atoms with E-state index in [0.717, 1.165) is 11.2 Å². The van der Waals surface area contributed by atoms with Crippen LogP contribution in [0.4, 0.5) is 0 Å². The molecule has 1 aliphatic rings. The summed E-state index contributed by atoms with van der Waals surface area (Å²) in [6.45, 7) is 11.4. The van der Waals surface area contributed by atoms with E-state index in [1.165, 1.54) is 71.7 Å². The number of benzene rings is 4. The van der Waals surface area contributed by atoms with Crippen LogP contribution in [0.3, 0.4) is 0 Å². The Morgan fingerprint density at radius 3 is 2.36 bits per heavy atom. The van der Waals surface area contributed by atoms with Crippen LogP contribution in [0.15, 0.2) is 77.3 Å². The number of hydrogen-bond acceptors (Lipinski definition) is 1. The smallest absolute Gasteiger partial charge is 0.224 e. The van der Waals surface area contributed by atoms with Crippen molar-refractivity contribution in [2.45, 2.75) is 40.0 Å². The fourth-order valence-corrected chi connectivity index (χ4v) is 6.70. The van der Waals surface area contributed by atoms with Crippen LogP contribution in [0.2, 0.25) is 0 Å². The van der Waals surface area contributed by atoms with Gasteiger partial charge in [0.05, 0.1) is 10.9 Å². The summed E-state index contributed by atoms with van der Waals surface area (Å²) in [6, 6.07) is 24.4. The minimum absolute atomic E-state index is 0.0658. The van der Waals surface area contributed by atoms with Crippen molar-refractivity contribution in [1.29, 1.82) is 0 Å². The van der Waals surface area contributed by atoms with Gasteiger partial charge in [-0.15, -0.1) is 0 Å². The molecule has 0 aliphatic heterocycles. The maximum Gasteiger partial charge on any atom is 0.224 e. The molecular weight excluding hydrogens is 438 g/mol. The Morgan fingerprint density at radius 1 is 0.722 bits per heavy atom. The largest absolute Gasteiger partial charge is 0.455 e. The van der Waals surface area contributed by atoms with Gasteiger partial charge in [0.2, 0.25) is 5.69 Å². The summed E-state index contributed by atoms with van der Waals surface area (Å²) in [5, 5.41) is 4.96. The normalized spacial score (nSPS) is 14.1. The van der Waals surface area contributed by atoms with Gasteiger partial charge >= 0.3 is 0 Å². The van der Waals surface area contributed by atoms with Crippen molar-refractivity contribution in [3.8, 4) is 22.4 Å². The van der Waals surface area contributed by atoms with Crippen molar-refractivity contribution in [2.24, 2.45) is 7.05 Å². The highest BCUT2D eigenvalue weighted by Gasteiger charge is 2.38. The third kappa shape index (κ3) is 2.59. The molecule has 0 unspecified atom stereocenters. The van der Waals surface area contributed by atoms with Gasteiger partial charge in [0.1, 0.15) is 18.2 Å². The summed E-state index contributed by atoms with van der Waals surface area (Å²) in [6.07, 6.45) is 2.22. The molecule has 0 bridgehead atoms. The molecule has 2 heteroatoms. The Morgan fingerprint density at radius 2 is 1.53 bits per heavy atom. The van der Waals surface area contributed by atoms with Gasteiger partial charge in [-0.1, -0.05) is 56.3 Å². The van der Waals surface area contributed by atoms with E-state index in [9.17, 15) is 0 Å². The first-order chi connectivity index (χ1) is 17.3. The summed E-state index contributed by atoms with van der Waals surface area (Å²) >= 11 is 0. The number of aromatic nitrogens is 1. The first-order valence-electron chi connectivity index (χ1n) is 12.8. The van der Waals surface area contributed by atoms with Gasteiger partial charge in [0.15, 0.2) is 6.20 Å². The summed E-state index contributed by atoms with van der Waals surface area (Å²) in [5.41, 5.74) is 13.8. The monoisotopic (exact) mass is 468 g/mol. The molecule has 0 saturated carbocycles. The molecule has 0 fully saturated rings. The molecule has 2 nitrogen and oxygen atoms in total. The van der Waals surface area contributed by atoms with E-state index in [1.807, 2.05) is 6.07 Å². The van der Waals surface area contributed by atoms with Crippen LogP contribution >= 0.6 is 0 Å². The van der Waals surface area contributed by atoms with E-state index in [2.05, 4.69) is 113 Å². The van der Waals surface area contributed by atoms with Crippen LogP contribution in [0.5, 0.6) is 0 Å². The van der Waals surface area contributed by atoms with Crippen LogP contribution in [0, 0.1) is 20.8 Å². The highest BCUT2D eigenvalue weighted by molar-refractivity contribution is 6.13. The van der Waals surface area contributed by atoms with E-state index < -0.39 is 0 Å². The molecule has 6 aromatic rings. The molecule has 0 N–H and O–H groups in total. The Labute approximate surface area is 211 Å². The molecular formula is C34H30NO+. The van der Waals surface area contributed by atoms with Crippen molar-refractivity contribution in [3.05, 3.63) is 101 Å². The van der Waals surface area contributed by atoms with Crippen molar-refractivity contribution >= 4 is 32.7 Å². The van der Waals surface area contributed by atoms with Gasteiger partial charge < -0.3 is 4.42 Å². The van der Waals surface area contributed by atoms with Gasteiger partial charge in [-0.2, -0.15) is 0 Å². The van der Waals surface area contributed by atoms with Gasteiger partial charge in [-0.05, 0) is 83.3 Å². The minimum atomic E-state index is -0.0658. The molecule has 0 saturated heterocycles. The zero-order valence-corrected chi connectivity index (χ0v) is 21.8. The van der Waals surface area contributed by atoms with Crippen LogP contribution < -0.4 is 4.57 Å². The Hall–Kier alpha value is -3.91. The number of aryl methyl sites for hydroxylation is 3. The number of nitrogens with zero attached hydrogens (tertiary/aromatic N) is 1. The topological polar surface area (TPSA) is 17.0 Å². The van der Waals surface area contributed by atoms with Crippen LogP contribution in [-0.2, 0) is 12.5 Å². The molecule has 0 atom stereocenters. The Kier molecular flexibility index (Phi) is 4.20. The average molecular weight is 469 g/mol. The fraction of sp³-hybridized carbons (Fsp3) is 0.206. The lowest BCUT2D eigenvalue weighted by Crippen LogP contribution is -2.31. The third-order valence-electron chi connectivity index (χ3n) is 8.58. The minimum Gasteiger partial charge on any atom is -0.455 e. The molecule has 2 heterocycles. The predicted molar refractivity (Wildman–Crippen MR) is 150 cm³/mol. The lowest BCUT2D eigenvalue weighted by Gasteiger charge is -2.23. The first kappa shape index (κ1) is 21.4. The highest BCUT2D eigenvalue weighted by Crippen LogP contribution is 2.53. The average Bonchev–Trinajstić information content (AvgIpc) is 3.34. The van der Waals surface area contributed by atoms with Crippen LogP contribution in [-0.4, -0.2) is 0 Å². The zero-order chi connectivity index (χ0) is 24.9. The summed E-state index contributed by atoms with van der Waals surface area (Å²) in [4.78, 5) is 0. The predicted octanol–water partition coefficient (Wildman–Crippen LogP) is 8.46. The highest BCUT2D eigenvalue weighted by atomic mass is 16.3.